The van der Waals surface area contributed by atoms with Crippen LogP contribution in [0.5, 0.6) is 0 Å². The third kappa shape index (κ3) is 2.06. The van der Waals surface area contributed by atoms with Gasteiger partial charge in [-0.3, -0.25) is 0 Å². The summed E-state index contributed by atoms with van der Waals surface area (Å²) in [5.74, 6) is 0.106. The fourth-order valence-electron chi connectivity index (χ4n) is 2.48. The SMILES string of the molecule is CC1=C(c2ccc(F)cc2)[C@@H](CC=O)CC1. The van der Waals surface area contributed by atoms with Gasteiger partial charge in [0.2, 0.25) is 0 Å². The normalized spacial score (nSPS) is 20.2. The molecule has 1 nitrogen and oxygen atoms in total. The molecule has 0 unspecified atom stereocenters. The van der Waals surface area contributed by atoms with E-state index in [4.69, 9.17) is 0 Å². The Kier molecular flexibility index (Phi) is 3.18. The number of aldehydes is 1. The Morgan fingerprint density at radius 1 is 1.38 bits per heavy atom. The molecular formula is C14H15FO. The summed E-state index contributed by atoms with van der Waals surface area (Å²) in [6, 6.07) is 6.56. The molecule has 1 aromatic carbocycles. The van der Waals surface area contributed by atoms with Crippen molar-refractivity contribution in [3.63, 3.8) is 0 Å². The molecule has 0 spiro atoms. The molecule has 1 aromatic rings. The first-order chi connectivity index (χ1) is 7.72. The van der Waals surface area contributed by atoms with Crippen molar-refractivity contribution in [3.05, 3.63) is 41.2 Å². The van der Waals surface area contributed by atoms with Crippen LogP contribution in [0.2, 0.25) is 0 Å². The third-order valence-electron chi connectivity index (χ3n) is 3.27. The Labute approximate surface area is 95.0 Å². The molecule has 1 aliphatic carbocycles. The van der Waals surface area contributed by atoms with E-state index in [2.05, 4.69) is 6.92 Å². The first-order valence-corrected chi connectivity index (χ1v) is 5.61. The minimum absolute atomic E-state index is 0.216. The quantitative estimate of drug-likeness (QED) is 0.708. The second kappa shape index (κ2) is 4.60. The largest absolute Gasteiger partial charge is 0.303 e. The molecule has 0 aromatic heterocycles. The summed E-state index contributed by atoms with van der Waals surface area (Å²) in [7, 11) is 0. The molecule has 2 heteroatoms. The van der Waals surface area contributed by atoms with Gasteiger partial charge in [-0.15, -0.1) is 0 Å². The summed E-state index contributed by atoms with van der Waals surface area (Å²) in [6.45, 7) is 2.10. The highest BCUT2D eigenvalue weighted by Crippen LogP contribution is 2.40. The topological polar surface area (TPSA) is 17.1 Å². The molecular weight excluding hydrogens is 203 g/mol. The van der Waals surface area contributed by atoms with Crippen molar-refractivity contribution in [3.8, 4) is 0 Å². The highest BCUT2D eigenvalue weighted by Gasteiger charge is 2.23. The third-order valence-corrected chi connectivity index (χ3v) is 3.27. The maximum absolute atomic E-state index is 12.8. The fourth-order valence-corrected chi connectivity index (χ4v) is 2.48. The van der Waals surface area contributed by atoms with Crippen LogP contribution in [0.3, 0.4) is 0 Å². The van der Waals surface area contributed by atoms with Crippen LogP contribution in [-0.2, 0) is 4.79 Å². The van der Waals surface area contributed by atoms with Crippen molar-refractivity contribution in [2.75, 3.05) is 0 Å². The smallest absolute Gasteiger partial charge is 0.123 e. The summed E-state index contributed by atoms with van der Waals surface area (Å²) >= 11 is 0. The molecule has 0 aliphatic heterocycles. The number of hydrogen-bond acceptors (Lipinski definition) is 1. The predicted octanol–water partition coefficient (Wildman–Crippen LogP) is 3.60. The van der Waals surface area contributed by atoms with E-state index < -0.39 is 0 Å². The molecule has 0 amide bonds. The second-order valence-corrected chi connectivity index (χ2v) is 4.34. The van der Waals surface area contributed by atoms with Gasteiger partial charge in [-0.2, -0.15) is 0 Å². The Hall–Kier alpha value is -1.44. The Morgan fingerprint density at radius 2 is 2.06 bits per heavy atom. The molecule has 16 heavy (non-hydrogen) atoms. The van der Waals surface area contributed by atoms with Crippen LogP contribution >= 0.6 is 0 Å². The number of benzene rings is 1. The van der Waals surface area contributed by atoms with Crippen molar-refractivity contribution < 1.29 is 9.18 Å². The van der Waals surface area contributed by atoms with Gasteiger partial charge in [-0.1, -0.05) is 17.7 Å². The standard InChI is InChI=1S/C14H15FO/c1-10-2-3-12(8-9-16)14(10)11-4-6-13(15)7-5-11/h4-7,9,12H,2-3,8H2,1H3/t12-/m1/s1. The van der Waals surface area contributed by atoms with Gasteiger partial charge in [0.15, 0.2) is 0 Å². The molecule has 0 saturated carbocycles. The minimum atomic E-state index is -0.216. The number of rotatable bonds is 3. The van der Waals surface area contributed by atoms with E-state index in [1.807, 2.05) is 0 Å². The van der Waals surface area contributed by atoms with Crippen molar-refractivity contribution >= 4 is 11.9 Å². The molecule has 1 aliphatic rings. The zero-order valence-corrected chi connectivity index (χ0v) is 9.37. The van der Waals surface area contributed by atoms with Gasteiger partial charge in [0.1, 0.15) is 12.1 Å². The molecule has 0 saturated heterocycles. The van der Waals surface area contributed by atoms with Crippen LogP contribution in [-0.4, -0.2) is 6.29 Å². The van der Waals surface area contributed by atoms with E-state index >= 15 is 0 Å². The zero-order valence-electron chi connectivity index (χ0n) is 9.37. The second-order valence-electron chi connectivity index (χ2n) is 4.34. The summed E-state index contributed by atoms with van der Waals surface area (Å²) in [5, 5.41) is 0. The lowest BCUT2D eigenvalue weighted by Gasteiger charge is -2.13. The predicted molar refractivity (Wildman–Crippen MR) is 62.4 cm³/mol. The van der Waals surface area contributed by atoms with Gasteiger partial charge in [-0.25, -0.2) is 4.39 Å². The van der Waals surface area contributed by atoms with Crippen LogP contribution in [0, 0.1) is 11.7 Å². The van der Waals surface area contributed by atoms with Gasteiger partial charge in [0.25, 0.3) is 0 Å². The molecule has 2 rings (SSSR count). The van der Waals surface area contributed by atoms with E-state index in [9.17, 15) is 9.18 Å². The van der Waals surface area contributed by atoms with Gasteiger partial charge in [0, 0.05) is 6.42 Å². The van der Waals surface area contributed by atoms with Crippen molar-refractivity contribution in [1.82, 2.24) is 0 Å². The van der Waals surface area contributed by atoms with Crippen LogP contribution in [0.4, 0.5) is 4.39 Å². The number of carbonyl (C=O) groups is 1. The molecule has 0 N–H and O–H groups in total. The van der Waals surface area contributed by atoms with Crippen LogP contribution < -0.4 is 0 Å². The van der Waals surface area contributed by atoms with Gasteiger partial charge >= 0.3 is 0 Å². The molecule has 1 atom stereocenters. The number of carbonyl (C=O) groups excluding carboxylic acids is 1. The van der Waals surface area contributed by atoms with Gasteiger partial charge in [-0.05, 0) is 49.0 Å². The highest BCUT2D eigenvalue weighted by atomic mass is 19.1. The lowest BCUT2D eigenvalue weighted by molar-refractivity contribution is -0.108. The van der Waals surface area contributed by atoms with Crippen LogP contribution in [0.1, 0.15) is 31.7 Å². The Bertz CT molecular complexity index is 417. The number of allylic oxidation sites excluding steroid dienone is 2. The van der Waals surface area contributed by atoms with E-state index in [-0.39, 0.29) is 5.82 Å². The van der Waals surface area contributed by atoms with Crippen LogP contribution in [0.25, 0.3) is 5.57 Å². The average Bonchev–Trinajstić information content (AvgIpc) is 2.62. The fraction of sp³-hybridized carbons (Fsp3) is 0.357. The first-order valence-electron chi connectivity index (χ1n) is 5.61. The first kappa shape index (κ1) is 11.1. The molecule has 0 bridgehead atoms. The lowest BCUT2D eigenvalue weighted by atomic mass is 9.92. The van der Waals surface area contributed by atoms with Gasteiger partial charge in [0.05, 0.1) is 0 Å². The lowest BCUT2D eigenvalue weighted by Crippen LogP contribution is -2.00. The number of halogens is 1. The monoisotopic (exact) mass is 218 g/mol. The van der Waals surface area contributed by atoms with E-state index in [0.717, 1.165) is 24.7 Å². The highest BCUT2D eigenvalue weighted by molar-refractivity contribution is 5.74. The Balaban J connectivity index is 2.33. The van der Waals surface area contributed by atoms with Crippen LogP contribution in [0.15, 0.2) is 29.8 Å². The average molecular weight is 218 g/mol. The summed E-state index contributed by atoms with van der Waals surface area (Å²) in [6.07, 6.45) is 3.64. The zero-order chi connectivity index (χ0) is 11.5. The van der Waals surface area contributed by atoms with Crippen molar-refractivity contribution in [2.24, 2.45) is 5.92 Å². The maximum Gasteiger partial charge on any atom is 0.123 e. The summed E-state index contributed by atoms with van der Waals surface area (Å²) < 4.78 is 12.8. The molecule has 0 heterocycles. The van der Waals surface area contributed by atoms with Crippen molar-refractivity contribution in [1.29, 1.82) is 0 Å². The Morgan fingerprint density at radius 3 is 2.69 bits per heavy atom. The number of hydrogen-bond donors (Lipinski definition) is 0. The van der Waals surface area contributed by atoms with E-state index in [1.54, 1.807) is 12.1 Å². The minimum Gasteiger partial charge on any atom is -0.303 e. The maximum atomic E-state index is 12.8. The van der Waals surface area contributed by atoms with E-state index in [0.29, 0.717) is 12.3 Å². The molecule has 0 fully saturated rings. The molecule has 0 radical (unpaired) electrons. The van der Waals surface area contributed by atoms with E-state index in [1.165, 1.54) is 23.3 Å². The summed E-state index contributed by atoms with van der Waals surface area (Å²) in [5.41, 5.74) is 3.63. The van der Waals surface area contributed by atoms with Gasteiger partial charge < -0.3 is 4.79 Å². The van der Waals surface area contributed by atoms with Crippen molar-refractivity contribution in [2.45, 2.75) is 26.2 Å². The molecule has 84 valence electrons. The summed E-state index contributed by atoms with van der Waals surface area (Å²) in [4.78, 5) is 10.6.